The van der Waals surface area contributed by atoms with Gasteiger partial charge >= 0.3 is 0 Å². The molecule has 0 bridgehead atoms. The summed E-state index contributed by atoms with van der Waals surface area (Å²) < 4.78 is 0.798. The normalized spacial score (nSPS) is 11.5. The summed E-state index contributed by atoms with van der Waals surface area (Å²) in [5.41, 5.74) is 0.590. The van der Waals surface area contributed by atoms with Gasteiger partial charge < -0.3 is 10.3 Å². The Morgan fingerprint density at radius 3 is 2.89 bits per heavy atom. The third-order valence-corrected chi connectivity index (χ3v) is 4.09. The van der Waals surface area contributed by atoms with Crippen LogP contribution in [0.3, 0.4) is 0 Å². The highest BCUT2D eigenvalue weighted by molar-refractivity contribution is 8.01. The summed E-state index contributed by atoms with van der Waals surface area (Å²) in [7, 11) is 0. The number of nitrogens with zero attached hydrogens (tertiary/aromatic N) is 2. The Morgan fingerprint density at radius 2 is 2.26 bits per heavy atom. The molecule has 2 N–H and O–H groups in total. The molecule has 2 heterocycles. The summed E-state index contributed by atoms with van der Waals surface area (Å²) >= 11 is 2.88. The number of carbonyl (C=O) groups is 1. The molecule has 0 unspecified atom stereocenters. The van der Waals surface area contributed by atoms with E-state index in [1.165, 1.54) is 23.1 Å². The van der Waals surface area contributed by atoms with Crippen LogP contribution in [-0.4, -0.2) is 32.3 Å². The molecule has 2 rings (SSSR count). The molecule has 0 aliphatic rings. The van der Waals surface area contributed by atoms with Crippen LogP contribution in [0.5, 0.6) is 0 Å². The molecule has 0 spiro atoms. The Balaban J connectivity index is 1.89. The van der Waals surface area contributed by atoms with Gasteiger partial charge in [-0.15, -0.1) is 10.2 Å². The lowest BCUT2D eigenvalue weighted by Crippen LogP contribution is -2.25. The number of hydrogen-bond donors (Lipinski definition) is 2. The number of Topliss-reactive ketones (excluding diaryl/α,β-unsaturated/α-hetero) is 1. The van der Waals surface area contributed by atoms with Crippen molar-refractivity contribution in [1.82, 2.24) is 15.2 Å². The van der Waals surface area contributed by atoms with E-state index in [9.17, 15) is 4.79 Å². The number of anilines is 1. The van der Waals surface area contributed by atoms with Crippen LogP contribution in [0.25, 0.3) is 0 Å². The lowest BCUT2D eigenvalue weighted by molar-refractivity contribution is 0.101. The van der Waals surface area contributed by atoms with Crippen LogP contribution in [0.15, 0.2) is 22.7 Å². The minimum absolute atomic E-state index is 0.0401. The van der Waals surface area contributed by atoms with Crippen molar-refractivity contribution in [3.8, 4) is 0 Å². The van der Waals surface area contributed by atoms with Crippen molar-refractivity contribution in [1.29, 1.82) is 0 Å². The molecular formula is C12H16N4OS2. The van der Waals surface area contributed by atoms with E-state index in [1.807, 2.05) is 6.07 Å². The van der Waals surface area contributed by atoms with Crippen molar-refractivity contribution in [3.05, 3.63) is 24.0 Å². The lowest BCUT2D eigenvalue weighted by atomic mass is 10.1. The zero-order valence-corrected chi connectivity index (χ0v) is 12.7. The topological polar surface area (TPSA) is 70.7 Å². The summed E-state index contributed by atoms with van der Waals surface area (Å²) in [4.78, 5) is 14.7. The molecule has 5 nitrogen and oxygen atoms in total. The molecule has 0 amide bonds. The lowest BCUT2D eigenvalue weighted by Gasteiger charge is -2.18. The van der Waals surface area contributed by atoms with Crippen LogP contribution in [-0.2, 0) is 0 Å². The molecule has 0 aromatic carbocycles. The van der Waals surface area contributed by atoms with Crippen LogP contribution in [0.4, 0.5) is 5.13 Å². The van der Waals surface area contributed by atoms with Crippen molar-refractivity contribution < 1.29 is 4.79 Å². The Morgan fingerprint density at radius 1 is 1.47 bits per heavy atom. The summed E-state index contributed by atoms with van der Waals surface area (Å²) in [6, 6.07) is 3.59. The number of aromatic nitrogens is 3. The largest absolute Gasteiger partial charge is 0.359 e. The minimum Gasteiger partial charge on any atom is -0.359 e. The first-order chi connectivity index (χ1) is 8.94. The van der Waals surface area contributed by atoms with Gasteiger partial charge in [0.1, 0.15) is 0 Å². The quantitative estimate of drug-likeness (QED) is 0.655. The van der Waals surface area contributed by atoms with E-state index >= 15 is 0 Å². The zero-order valence-electron chi connectivity index (χ0n) is 11.1. The zero-order chi connectivity index (χ0) is 13.9. The number of H-pyrrole nitrogens is 1. The number of carbonyl (C=O) groups excluding carboxylic acids is 1. The van der Waals surface area contributed by atoms with Gasteiger partial charge in [-0.2, -0.15) is 0 Å². The summed E-state index contributed by atoms with van der Waals surface area (Å²) in [5, 5.41) is 12.2. The highest BCUT2D eigenvalue weighted by atomic mass is 32.2. The van der Waals surface area contributed by atoms with E-state index < -0.39 is 0 Å². The predicted octanol–water partition coefficient (Wildman–Crippen LogP) is 3.05. The van der Waals surface area contributed by atoms with E-state index in [0.717, 1.165) is 9.47 Å². The molecule has 2 aromatic heterocycles. The average Bonchev–Trinajstić information content (AvgIpc) is 2.94. The number of aromatic amines is 1. The van der Waals surface area contributed by atoms with Crippen molar-refractivity contribution >= 4 is 34.0 Å². The second-order valence-electron chi connectivity index (χ2n) is 5.04. The Hall–Kier alpha value is -1.34. The van der Waals surface area contributed by atoms with E-state index in [0.29, 0.717) is 11.4 Å². The molecule has 102 valence electrons. The first kappa shape index (κ1) is 14.1. The third kappa shape index (κ3) is 4.36. The van der Waals surface area contributed by atoms with E-state index in [2.05, 4.69) is 41.3 Å². The summed E-state index contributed by atoms with van der Waals surface area (Å²) in [6.07, 6.45) is 1.74. The molecule has 0 aliphatic carbocycles. The van der Waals surface area contributed by atoms with Gasteiger partial charge in [-0.3, -0.25) is 4.79 Å². The molecule has 2 aromatic rings. The van der Waals surface area contributed by atoms with Gasteiger partial charge in [0.05, 0.1) is 11.4 Å². The van der Waals surface area contributed by atoms with Crippen LogP contribution in [0.1, 0.15) is 31.3 Å². The van der Waals surface area contributed by atoms with Crippen molar-refractivity contribution in [3.63, 3.8) is 0 Å². The molecular weight excluding hydrogens is 280 g/mol. The molecule has 0 radical (unpaired) electrons. The molecule has 19 heavy (non-hydrogen) atoms. The smallest absolute Gasteiger partial charge is 0.206 e. The minimum atomic E-state index is -0.0401. The van der Waals surface area contributed by atoms with Gasteiger partial charge in [-0.1, -0.05) is 23.1 Å². The van der Waals surface area contributed by atoms with Crippen molar-refractivity contribution in [2.24, 2.45) is 0 Å². The summed E-state index contributed by atoms with van der Waals surface area (Å²) in [6.45, 7) is 6.20. The number of hydrogen-bond acceptors (Lipinski definition) is 6. The standard InChI is InChI=1S/C12H16N4OS2/c1-12(2,3)14-10-15-16-11(19-10)18-7-9(17)8-5-4-6-13-8/h4-6,13H,7H2,1-3H3,(H,14,15). The van der Waals surface area contributed by atoms with Crippen LogP contribution >= 0.6 is 23.1 Å². The fourth-order valence-corrected chi connectivity index (χ4v) is 3.19. The maximum Gasteiger partial charge on any atom is 0.206 e. The Bertz CT molecular complexity index is 542. The van der Waals surface area contributed by atoms with Crippen molar-refractivity contribution in [2.75, 3.05) is 11.1 Å². The van der Waals surface area contributed by atoms with E-state index in [-0.39, 0.29) is 11.3 Å². The summed E-state index contributed by atoms with van der Waals surface area (Å²) in [5.74, 6) is 0.431. The van der Waals surface area contributed by atoms with Gasteiger partial charge in [0.15, 0.2) is 10.1 Å². The first-order valence-electron chi connectivity index (χ1n) is 5.85. The number of rotatable bonds is 5. The van der Waals surface area contributed by atoms with Crippen LogP contribution < -0.4 is 5.32 Å². The molecule has 0 fully saturated rings. The van der Waals surface area contributed by atoms with Crippen molar-refractivity contribution in [2.45, 2.75) is 30.6 Å². The van der Waals surface area contributed by atoms with Gasteiger partial charge in [-0.25, -0.2) is 0 Å². The molecule has 0 atom stereocenters. The number of thioether (sulfide) groups is 1. The van der Waals surface area contributed by atoms with Gasteiger partial charge in [-0.05, 0) is 32.9 Å². The van der Waals surface area contributed by atoms with E-state index in [1.54, 1.807) is 12.3 Å². The third-order valence-electron chi connectivity index (χ3n) is 2.11. The first-order valence-corrected chi connectivity index (χ1v) is 7.65. The fraction of sp³-hybridized carbons (Fsp3) is 0.417. The maximum atomic E-state index is 11.8. The second-order valence-corrected chi connectivity index (χ2v) is 7.24. The maximum absolute atomic E-state index is 11.8. The van der Waals surface area contributed by atoms with E-state index in [4.69, 9.17) is 0 Å². The Labute approximate surface area is 120 Å². The average molecular weight is 296 g/mol. The number of nitrogens with one attached hydrogen (secondary N) is 2. The monoisotopic (exact) mass is 296 g/mol. The van der Waals surface area contributed by atoms with Crippen LogP contribution in [0, 0.1) is 0 Å². The fourth-order valence-electron chi connectivity index (χ4n) is 1.35. The van der Waals surface area contributed by atoms with Gasteiger partial charge in [0, 0.05) is 11.7 Å². The Kier molecular flexibility index (Phi) is 4.26. The van der Waals surface area contributed by atoms with Gasteiger partial charge in [0.2, 0.25) is 5.13 Å². The molecule has 0 saturated heterocycles. The van der Waals surface area contributed by atoms with Gasteiger partial charge in [0.25, 0.3) is 0 Å². The molecule has 0 saturated carbocycles. The van der Waals surface area contributed by atoms with Crippen LogP contribution in [0.2, 0.25) is 0 Å². The molecule has 0 aliphatic heterocycles. The highest BCUT2D eigenvalue weighted by Gasteiger charge is 2.14. The molecule has 7 heteroatoms. The SMILES string of the molecule is CC(C)(C)Nc1nnc(SCC(=O)c2ccc[nH]2)s1. The predicted molar refractivity (Wildman–Crippen MR) is 79.1 cm³/mol. The second kappa shape index (κ2) is 5.75. The highest BCUT2D eigenvalue weighted by Crippen LogP contribution is 2.27. The number of ketones is 1.